The lowest BCUT2D eigenvalue weighted by Gasteiger charge is -2.29. The summed E-state index contributed by atoms with van der Waals surface area (Å²) < 4.78 is 7.14. The summed E-state index contributed by atoms with van der Waals surface area (Å²) in [5, 5.41) is 8.73. The largest absolute Gasteiger partial charge is 0.462 e. The molecule has 4 rings (SSSR count). The van der Waals surface area contributed by atoms with Gasteiger partial charge < -0.3 is 10.1 Å². The molecule has 0 fully saturated rings. The third-order valence-corrected chi connectivity index (χ3v) is 5.17. The number of hydrogen-bond acceptors (Lipinski definition) is 5. The van der Waals surface area contributed by atoms with Crippen molar-refractivity contribution in [3.05, 3.63) is 70.7 Å². The minimum atomic E-state index is -0.371. The average Bonchev–Trinajstić information content (AvgIpc) is 3.12. The van der Waals surface area contributed by atoms with Crippen molar-refractivity contribution in [3.63, 3.8) is 0 Å². The van der Waals surface area contributed by atoms with E-state index in [-0.39, 0.29) is 5.97 Å². The highest BCUT2D eigenvalue weighted by Crippen LogP contribution is 2.32. The van der Waals surface area contributed by atoms with Crippen LogP contribution in [0.25, 0.3) is 11.3 Å². The van der Waals surface area contributed by atoms with Gasteiger partial charge in [0.05, 0.1) is 19.9 Å². The molecule has 1 aliphatic rings. The Morgan fingerprint density at radius 2 is 1.93 bits per heavy atom. The number of carbonyl (C=O) groups is 1. The Bertz CT molecular complexity index is 986. The number of hydrogen-bond donors (Lipinski definition) is 1. The number of anilines is 1. The molecule has 0 radical (unpaired) electrons. The highest BCUT2D eigenvalue weighted by molar-refractivity contribution is 6.30. The highest BCUT2D eigenvalue weighted by Gasteiger charge is 2.29. The molecular weight excluding hydrogens is 388 g/mol. The number of rotatable bonds is 6. The van der Waals surface area contributed by atoms with Crippen molar-refractivity contribution in [2.45, 2.75) is 20.0 Å². The number of nitrogens with zero attached hydrogens (tertiary/aromatic N) is 3. The summed E-state index contributed by atoms with van der Waals surface area (Å²) in [6.45, 7) is 4.25. The number of carbonyl (C=O) groups excluding carboxylic acids is 1. The van der Waals surface area contributed by atoms with Crippen molar-refractivity contribution in [2.24, 2.45) is 0 Å². The van der Waals surface area contributed by atoms with Crippen LogP contribution in [0, 0.1) is 0 Å². The minimum Gasteiger partial charge on any atom is -0.462 e. The molecular formula is C22H23ClN4O2. The molecule has 2 heterocycles. The lowest BCUT2D eigenvalue weighted by atomic mass is 10.1. The number of halogens is 1. The molecule has 6 nitrogen and oxygen atoms in total. The maximum absolute atomic E-state index is 12.7. The van der Waals surface area contributed by atoms with E-state index in [2.05, 4.69) is 34.5 Å². The van der Waals surface area contributed by atoms with Gasteiger partial charge >= 0.3 is 5.97 Å². The molecule has 0 bridgehead atoms. The maximum atomic E-state index is 12.7. The smallest absolute Gasteiger partial charge is 0.344 e. The van der Waals surface area contributed by atoms with Crippen molar-refractivity contribution in [1.29, 1.82) is 0 Å². The van der Waals surface area contributed by atoms with Crippen molar-refractivity contribution in [2.75, 3.05) is 25.1 Å². The predicted molar refractivity (Wildman–Crippen MR) is 114 cm³/mol. The zero-order valence-corrected chi connectivity index (χ0v) is 17.0. The van der Waals surface area contributed by atoms with Gasteiger partial charge in [0.1, 0.15) is 17.1 Å². The molecule has 0 amide bonds. The molecule has 29 heavy (non-hydrogen) atoms. The monoisotopic (exact) mass is 410 g/mol. The summed E-state index contributed by atoms with van der Waals surface area (Å²) in [5.74, 6) is 0.327. The quantitative estimate of drug-likeness (QED) is 0.615. The zero-order chi connectivity index (χ0) is 20.2. The first-order chi connectivity index (χ1) is 14.2. The second-order valence-corrected chi connectivity index (χ2v) is 7.34. The Kier molecular flexibility index (Phi) is 5.83. The van der Waals surface area contributed by atoms with Crippen LogP contribution >= 0.6 is 11.6 Å². The molecule has 150 valence electrons. The van der Waals surface area contributed by atoms with Gasteiger partial charge in [-0.1, -0.05) is 54.1 Å². The van der Waals surface area contributed by atoms with Crippen LogP contribution in [-0.2, 0) is 17.8 Å². The topological polar surface area (TPSA) is 59.4 Å². The van der Waals surface area contributed by atoms with E-state index in [1.807, 2.05) is 22.9 Å². The summed E-state index contributed by atoms with van der Waals surface area (Å²) in [5.41, 5.74) is 3.20. The fraction of sp³-hybridized carbons (Fsp3) is 0.273. The summed E-state index contributed by atoms with van der Waals surface area (Å²) in [7, 11) is 0. The van der Waals surface area contributed by atoms with Crippen molar-refractivity contribution < 1.29 is 9.53 Å². The Hall–Kier alpha value is -2.83. The standard InChI is InChI=1S/C22H23ClN4O2/c1-2-29-22(28)19-20(17-8-10-18(23)11-9-17)25-27-15-26(14-24-21(19)27)13-12-16-6-4-3-5-7-16/h3-11,24H,2,12-15H2,1H3. The van der Waals surface area contributed by atoms with E-state index in [0.29, 0.717) is 42.0 Å². The SMILES string of the molecule is CCOC(=O)c1c(-c2ccc(Cl)cc2)nn2c1NCN(CCc1ccccc1)C2. The van der Waals surface area contributed by atoms with Crippen LogP contribution in [-0.4, -0.2) is 40.5 Å². The molecule has 0 atom stereocenters. The molecule has 0 saturated carbocycles. The third kappa shape index (κ3) is 4.28. The highest BCUT2D eigenvalue weighted by atomic mass is 35.5. The normalized spacial score (nSPS) is 13.6. The van der Waals surface area contributed by atoms with Crippen molar-refractivity contribution in [3.8, 4) is 11.3 Å². The second-order valence-electron chi connectivity index (χ2n) is 6.91. The fourth-order valence-corrected chi connectivity index (χ4v) is 3.58. The lowest BCUT2D eigenvalue weighted by molar-refractivity contribution is 0.0527. The Labute approximate surface area is 175 Å². The van der Waals surface area contributed by atoms with Gasteiger partial charge in [-0.2, -0.15) is 5.10 Å². The van der Waals surface area contributed by atoms with Gasteiger partial charge in [0.25, 0.3) is 0 Å². The third-order valence-electron chi connectivity index (χ3n) is 4.91. The van der Waals surface area contributed by atoms with Gasteiger partial charge in [-0.05, 0) is 31.0 Å². The predicted octanol–water partition coefficient (Wildman–Crippen LogP) is 4.27. The second kappa shape index (κ2) is 8.68. The summed E-state index contributed by atoms with van der Waals surface area (Å²) in [6, 6.07) is 17.7. The van der Waals surface area contributed by atoms with Crippen LogP contribution in [0.5, 0.6) is 0 Å². The van der Waals surface area contributed by atoms with Gasteiger partial charge in [-0.3, -0.25) is 4.90 Å². The number of esters is 1. The van der Waals surface area contributed by atoms with Crippen LogP contribution in [0.2, 0.25) is 5.02 Å². The lowest BCUT2D eigenvalue weighted by Crippen LogP contribution is -2.39. The van der Waals surface area contributed by atoms with Crippen molar-refractivity contribution >= 4 is 23.4 Å². The Morgan fingerprint density at radius 1 is 1.17 bits per heavy atom. The van der Waals surface area contributed by atoms with Crippen LogP contribution in [0.4, 0.5) is 5.82 Å². The van der Waals surface area contributed by atoms with Gasteiger partial charge in [0.2, 0.25) is 0 Å². The van der Waals surface area contributed by atoms with Gasteiger partial charge in [0, 0.05) is 17.1 Å². The van der Waals surface area contributed by atoms with Gasteiger partial charge in [0.15, 0.2) is 0 Å². The molecule has 1 aliphatic heterocycles. The molecule has 1 aromatic heterocycles. The summed E-state index contributed by atoms with van der Waals surface area (Å²) in [6.07, 6.45) is 0.952. The first-order valence-electron chi connectivity index (χ1n) is 9.69. The number of nitrogens with one attached hydrogen (secondary N) is 1. The molecule has 1 N–H and O–H groups in total. The molecule has 0 unspecified atom stereocenters. The van der Waals surface area contributed by atoms with Gasteiger partial charge in [-0.15, -0.1) is 0 Å². The van der Waals surface area contributed by atoms with Crippen LogP contribution < -0.4 is 5.32 Å². The first-order valence-corrected chi connectivity index (χ1v) is 10.1. The Balaban J connectivity index is 1.59. The maximum Gasteiger partial charge on any atom is 0.344 e. The van der Waals surface area contributed by atoms with Crippen LogP contribution in [0.15, 0.2) is 54.6 Å². The summed E-state index contributed by atoms with van der Waals surface area (Å²) >= 11 is 6.02. The molecule has 0 aliphatic carbocycles. The Morgan fingerprint density at radius 3 is 2.66 bits per heavy atom. The van der Waals surface area contributed by atoms with E-state index < -0.39 is 0 Å². The van der Waals surface area contributed by atoms with Crippen LogP contribution in [0.1, 0.15) is 22.8 Å². The van der Waals surface area contributed by atoms with E-state index in [1.54, 1.807) is 19.1 Å². The molecule has 0 spiro atoms. The number of aromatic nitrogens is 2. The van der Waals surface area contributed by atoms with E-state index >= 15 is 0 Å². The first kappa shape index (κ1) is 19.5. The summed E-state index contributed by atoms with van der Waals surface area (Å²) in [4.78, 5) is 14.9. The number of fused-ring (bicyclic) bond motifs is 1. The van der Waals surface area contributed by atoms with Crippen molar-refractivity contribution in [1.82, 2.24) is 14.7 Å². The minimum absolute atomic E-state index is 0.312. The number of ether oxygens (including phenoxy) is 1. The van der Waals surface area contributed by atoms with E-state index in [1.165, 1.54) is 5.56 Å². The average molecular weight is 411 g/mol. The van der Waals surface area contributed by atoms with E-state index in [4.69, 9.17) is 21.4 Å². The fourth-order valence-electron chi connectivity index (χ4n) is 3.46. The molecule has 3 aromatic rings. The van der Waals surface area contributed by atoms with Gasteiger partial charge in [-0.25, -0.2) is 9.48 Å². The molecule has 2 aromatic carbocycles. The zero-order valence-electron chi connectivity index (χ0n) is 16.3. The molecule has 0 saturated heterocycles. The van der Waals surface area contributed by atoms with Crippen LogP contribution in [0.3, 0.4) is 0 Å². The van der Waals surface area contributed by atoms with E-state index in [0.717, 1.165) is 18.5 Å². The number of benzene rings is 2. The molecule has 7 heteroatoms. The van der Waals surface area contributed by atoms with E-state index in [9.17, 15) is 4.79 Å².